The molecule has 0 bridgehead atoms. The van der Waals surface area contributed by atoms with E-state index in [-0.39, 0.29) is 5.91 Å². The number of carbonyl (C=O) groups is 1. The topological polar surface area (TPSA) is 55.1 Å². The van der Waals surface area contributed by atoms with Crippen molar-refractivity contribution in [3.63, 3.8) is 0 Å². The highest BCUT2D eigenvalue weighted by atomic mass is 32.1. The van der Waals surface area contributed by atoms with Crippen LogP contribution in [0.25, 0.3) is 6.08 Å². The van der Waals surface area contributed by atoms with Crippen molar-refractivity contribution in [1.82, 2.24) is 5.32 Å². The van der Waals surface area contributed by atoms with E-state index in [4.69, 9.17) is 5.73 Å². The monoisotopic (exact) mass is 196 g/mol. The van der Waals surface area contributed by atoms with Gasteiger partial charge in [-0.15, -0.1) is 11.3 Å². The van der Waals surface area contributed by atoms with Crippen molar-refractivity contribution in [2.45, 2.75) is 0 Å². The first-order chi connectivity index (χ1) is 6.33. The molecule has 3 N–H and O–H groups in total. The quantitative estimate of drug-likeness (QED) is 0.701. The zero-order chi connectivity index (χ0) is 9.52. The van der Waals surface area contributed by atoms with Crippen molar-refractivity contribution in [2.24, 2.45) is 5.73 Å². The molecule has 0 radical (unpaired) electrons. The van der Waals surface area contributed by atoms with Crippen molar-refractivity contribution >= 4 is 23.3 Å². The van der Waals surface area contributed by atoms with Crippen molar-refractivity contribution < 1.29 is 4.79 Å². The summed E-state index contributed by atoms with van der Waals surface area (Å²) in [5.74, 6) is -0.0983. The van der Waals surface area contributed by atoms with E-state index >= 15 is 0 Å². The average Bonchev–Trinajstić information content (AvgIpc) is 2.64. The Morgan fingerprint density at radius 2 is 2.54 bits per heavy atom. The van der Waals surface area contributed by atoms with E-state index < -0.39 is 0 Å². The zero-order valence-corrected chi connectivity index (χ0v) is 8.01. The lowest BCUT2D eigenvalue weighted by Crippen LogP contribution is -2.27. The van der Waals surface area contributed by atoms with Crippen LogP contribution in [-0.4, -0.2) is 19.0 Å². The molecule has 0 aliphatic heterocycles. The van der Waals surface area contributed by atoms with Crippen LogP contribution in [0.3, 0.4) is 0 Å². The van der Waals surface area contributed by atoms with Crippen LogP contribution >= 0.6 is 11.3 Å². The van der Waals surface area contributed by atoms with E-state index in [1.165, 1.54) is 6.08 Å². The molecule has 0 spiro atoms. The van der Waals surface area contributed by atoms with Crippen molar-refractivity contribution in [3.8, 4) is 0 Å². The second-order valence-corrected chi connectivity index (χ2v) is 3.41. The summed E-state index contributed by atoms with van der Waals surface area (Å²) in [4.78, 5) is 12.1. The van der Waals surface area contributed by atoms with E-state index in [9.17, 15) is 4.79 Å². The largest absolute Gasteiger partial charge is 0.351 e. The Hall–Kier alpha value is -1.13. The standard InChI is InChI=1S/C9H12N2OS/c10-5-6-11-9(12)4-3-8-2-1-7-13-8/h1-4,7H,5-6,10H2,(H,11,12)/b4-3+. The third kappa shape index (κ3) is 3.87. The van der Waals surface area contributed by atoms with Crippen LogP contribution in [0.1, 0.15) is 4.88 Å². The lowest BCUT2D eigenvalue weighted by Gasteiger charge is -1.96. The van der Waals surface area contributed by atoms with Gasteiger partial charge in [0.05, 0.1) is 0 Å². The van der Waals surface area contributed by atoms with Crippen molar-refractivity contribution in [2.75, 3.05) is 13.1 Å². The first kappa shape index (κ1) is 9.95. The molecule has 1 aromatic rings. The number of rotatable bonds is 4. The van der Waals surface area contributed by atoms with Gasteiger partial charge in [0.25, 0.3) is 0 Å². The summed E-state index contributed by atoms with van der Waals surface area (Å²) in [6, 6.07) is 3.90. The summed E-state index contributed by atoms with van der Waals surface area (Å²) >= 11 is 1.60. The Kier molecular flexibility index (Phi) is 4.21. The fourth-order valence-corrected chi connectivity index (χ4v) is 1.42. The van der Waals surface area contributed by atoms with Gasteiger partial charge in [0.2, 0.25) is 5.91 Å². The molecule has 1 amide bonds. The average molecular weight is 196 g/mol. The summed E-state index contributed by atoms with van der Waals surface area (Å²) in [5.41, 5.74) is 5.23. The van der Waals surface area contributed by atoms with Gasteiger partial charge in [-0.25, -0.2) is 0 Å². The molecular weight excluding hydrogens is 184 g/mol. The third-order valence-electron chi connectivity index (χ3n) is 1.39. The van der Waals surface area contributed by atoms with Crippen molar-refractivity contribution in [1.29, 1.82) is 0 Å². The van der Waals surface area contributed by atoms with Crippen LogP contribution in [0.5, 0.6) is 0 Å². The molecule has 0 atom stereocenters. The predicted octanol–water partition coefficient (Wildman–Crippen LogP) is 0.836. The van der Waals surface area contributed by atoms with Gasteiger partial charge in [-0.05, 0) is 17.5 Å². The van der Waals surface area contributed by atoms with Gasteiger partial charge in [0.15, 0.2) is 0 Å². The molecule has 0 unspecified atom stereocenters. The zero-order valence-electron chi connectivity index (χ0n) is 7.19. The fraction of sp³-hybridized carbons (Fsp3) is 0.222. The Morgan fingerprint density at radius 3 is 3.15 bits per heavy atom. The summed E-state index contributed by atoms with van der Waals surface area (Å²) in [5, 5.41) is 4.62. The van der Waals surface area contributed by atoms with Crippen molar-refractivity contribution in [3.05, 3.63) is 28.5 Å². The number of hydrogen-bond acceptors (Lipinski definition) is 3. The number of carbonyl (C=O) groups excluding carboxylic acids is 1. The SMILES string of the molecule is NCCNC(=O)/C=C/c1cccs1. The van der Waals surface area contributed by atoms with Crippen LogP contribution < -0.4 is 11.1 Å². The Bertz CT molecular complexity index is 280. The van der Waals surface area contributed by atoms with Crippen LogP contribution in [0.15, 0.2) is 23.6 Å². The maximum atomic E-state index is 11.0. The molecule has 1 rings (SSSR count). The molecule has 0 saturated heterocycles. The summed E-state index contributed by atoms with van der Waals surface area (Å²) < 4.78 is 0. The molecule has 13 heavy (non-hydrogen) atoms. The summed E-state index contributed by atoms with van der Waals surface area (Å²) in [6.45, 7) is 0.992. The Morgan fingerprint density at radius 1 is 1.69 bits per heavy atom. The number of hydrogen-bond donors (Lipinski definition) is 2. The van der Waals surface area contributed by atoms with Gasteiger partial charge < -0.3 is 11.1 Å². The number of nitrogens with one attached hydrogen (secondary N) is 1. The van der Waals surface area contributed by atoms with Gasteiger partial charge in [-0.3, -0.25) is 4.79 Å². The minimum Gasteiger partial charge on any atom is -0.351 e. The smallest absolute Gasteiger partial charge is 0.244 e. The third-order valence-corrected chi connectivity index (χ3v) is 2.22. The minimum atomic E-state index is -0.0983. The number of nitrogens with two attached hydrogens (primary N) is 1. The van der Waals surface area contributed by atoms with E-state index in [2.05, 4.69) is 5.32 Å². The van der Waals surface area contributed by atoms with Gasteiger partial charge in [-0.1, -0.05) is 6.07 Å². The van der Waals surface area contributed by atoms with Gasteiger partial charge in [0, 0.05) is 24.0 Å². The van der Waals surface area contributed by atoms with Crippen LogP contribution in [-0.2, 0) is 4.79 Å². The lowest BCUT2D eigenvalue weighted by molar-refractivity contribution is -0.116. The molecular formula is C9H12N2OS. The predicted molar refractivity (Wildman–Crippen MR) is 55.4 cm³/mol. The highest BCUT2D eigenvalue weighted by Gasteiger charge is 1.92. The summed E-state index contributed by atoms with van der Waals surface area (Å²) in [7, 11) is 0. The Labute approximate surface area is 81.3 Å². The highest BCUT2D eigenvalue weighted by molar-refractivity contribution is 7.10. The molecule has 0 fully saturated rings. The number of amides is 1. The molecule has 0 aliphatic carbocycles. The van der Waals surface area contributed by atoms with Gasteiger partial charge >= 0.3 is 0 Å². The molecule has 3 nitrogen and oxygen atoms in total. The van der Waals surface area contributed by atoms with E-state index in [0.29, 0.717) is 13.1 Å². The minimum absolute atomic E-state index is 0.0983. The van der Waals surface area contributed by atoms with Crippen LogP contribution in [0, 0.1) is 0 Å². The van der Waals surface area contributed by atoms with E-state index in [1.54, 1.807) is 17.4 Å². The van der Waals surface area contributed by atoms with Crippen LogP contribution in [0.2, 0.25) is 0 Å². The molecule has 4 heteroatoms. The summed E-state index contributed by atoms with van der Waals surface area (Å²) in [6.07, 6.45) is 3.30. The molecule has 0 saturated carbocycles. The lowest BCUT2D eigenvalue weighted by atomic mass is 10.4. The molecule has 0 aliphatic rings. The van der Waals surface area contributed by atoms with E-state index in [0.717, 1.165) is 4.88 Å². The molecule has 1 aromatic heterocycles. The van der Waals surface area contributed by atoms with Gasteiger partial charge in [-0.2, -0.15) is 0 Å². The van der Waals surface area contributed by atoms with Crippen LogP contribution in [0.4, 0.5) is 0 Å². The second kappa shape index (κ2) is 5.50. The maximum absolute atomic E-state index is 11.0. The molecule has 70 valence electrons. The first-order valence-corrected chi connectivity index (χ1v) is 4.90. The van der Waals surface area contributed by atoms with Gasteiger partial charge in [0.1, 0.15) is 0 Å². The normalized spacial score (nSPS) is 10.5. The number of thiophene rings is 1. The second-order valence-electron chi connectivity index (χ2n) is 2.43. The fourth-order valence-electron chi connectivity index (χ4n) is 0.798. The van der Waals surface area contributed by atoms with E-state index in [1.807, 2.05) is 17.5 Å². The first-order valence-electron chi connectivity index (χ1n) is 4.02. The molecule has 1 heterocycles. The molecule has 0 aromatic carbocycles. The Balaban J connectivity index is 2.35. The highest BCUT2D eigenvalue weighted by Crippen LogP contribution is 2.09. The maximum Gasteiger partial charge on any atom is 0.244 e.